The van der Waals surface area contributed by atoms with Crippen LogP contribution in [0.3, 0.4) is 0 Å². The third-order valence-corrected chi connectivity index (χ3v) is 1.42. The van der Waals surface area contributed by atoms with Crippen LogP contribution < -0.4 is 10.9 Å². The third kappa shape index (κ3) is 6.28. The van der Waals surface area contributed by atoms with Crippen molar-refractivity contribution in [2.24, 2.45) is 0 Å². The molecular weight excluding hydrogens is 138 g/mol. The normalized spacial score (nSPS) is 10.9. The Morgan fingerprint density at radius 2 is 1.36 bits per heavy atom. The lowest BCUT2D eigenvalue weighted by molar-refractivity contribution is 0.122. The van der Waals surface area contributed by atoms with Crippen LogP contribution in [0.1, 0.15) is 33.6 Å². The monoisotopic (exact) mass is 159 g/mol. The lowest BCUT2D eigenvalue weighted by Crippen LogP contribution is -2.48. The van der Waals surface area contributed by atoms with Gasteiger partial charge in [0.05, 0.1) is 0 Å². The summed E-state index contributed by atoms with van der Waals surface area (Å²) in [6, 6.07) is 0. The fourth-order valence-electron chi connectivity index (χ4n) is 0.773. The van der Waals surface area contributed by atoms with Crippen molar-refractivity contribution in [2.75, 3.05) is 19.6 Å². The zero-order valence-electron chi connectivity index (χ0n) is 7.98. The molecule has 0 aliphatic carbocycles. The maximum Gasteiger partial charge on any atom is 0.0259 e. The molecule has 0 amide bonds. The molecule has 0 spiro atoms. The van der Waals surface area contributed by atoms with E-state index in [2.05, 4.69) is 31.6 Å². The van der Waals surface area contributed by atoms with E-state index in [-0.39, 0.29) is 0 Å². The van der Waals surface area contributed by atoms with Crippen molar-refractivity contribution >= 4 is 0 Å². The van der Waals surface area contributed by atoms with E-state index >= 15 is 0 Å². The molecular formula is C8H21N3. The van der Waals surface area contributed by atoms with Gasteiger partial charge in [0.25, 0.3) is 0 Å². The minimum atomic E-state index is 1.00. The molecule has 0 aromatic rings. The number of nitrogens with zero attached hydrogens (tertiary/aromatic N) is 1. The van der Waals surface area contributed by atoms with Crippen LogP contribution in [0.2, 0.25) is 0 Å². The summed E-state index contributed by atoms with van der Waals surface area (Å²) in [7, 11) is 0. The van der Waals surface area contributed by atoms with Crippen LogP contribution in [0.25, 0.3) is 0 Å². The first-order valence-corrected chi connectivity index (χ1v) is 4.59. The molecule has 0 fully saturated rings. The van der Waals surface area contributed by atoms with Crippen molar-refractivity contribution in [1.29, 1.82) is 0 Å². The summed E-state index contributed by atoms with van der Waals surface area (Å²) in [5, 5.41) is 2.05. The van der Waals surface area contributed by atoms with Gasteiger partial charge in [-0.25, -0.2) is 10.9 Å². The summed E-state index contributed by atoms with van der Waals surface area (Å²) in [5.74, 6) is 0. The van der Waals surface area contributed by atoms with E-state index in [1.54, 1.807) is 0 Å². The van der Waals surface area contributed by atoms with Crippen LogP contribution in [0.5, 0.6) is 0 Å². The molecule has 0 heterocycles. The van der Waals surface area contributed by atoms with E-state index in [1.165, 1.54) is 12.8 Å². The Morgan fingerprint density at radius 1 is 0.909 bits per heavy atom. The number of hydrogen-bond donors (Lipinski definition) is 2. The van der Waals surface area contributed by atoms with Crippen LogP contribution in [-0.2, 0) is 0 Å². The van der Waals surface area contributed by atoms with Gasteiger partial charge in [-0.15, -0.1) is 0 Å². The quantitative estimate of drug-likeness (QED) is 0.545. The van der Waals surface area contributed by atoms with Gasteiger partial charge < -0.3 is 0 Å². The van der Waals surface area contributed by atoms with Crippen molar-refractivity contribution in [3.63, 3.8) is 0 Å². The first-order valence-electron chi connectivity index (χ1n) is 4.59. The molecule has 0 rings (SSSR count). The number of hydrogen-bond acceptors (Lipinski definition) is 3. The zero-order chi connectivity index (χ0) is 8.53. The lowest BCUT2D eigenvalue weighted by atomic mass is 10.5. The van der Waals surface area contributed by atoms with Crippen LogP contribution >= 0.6 is 0 Å². The summed E-state index contributed by atoms with van der Waals surface area (Å²) in [4.78, 5) is 0. The second-order valence-corrected chi connectivity index (χ2v) is 2.56. The molecule has 3 nitrogen and oxygen atoms in total. The minimum Gasteiger partial charge on any atom is -0.242 e. The van der Waals surface area contributed by atoms with Crippen molar-refractivity contribution < 1.29 is 0 Å². The summed E-state index contributed by atoms with van der Waals surface area (Å²) < 4.78 is 0. The van der Waals surface area contributed by atoms with Crippen LogP contribution in [0.15, 0.2) is 0 Å². The summed E-state index contributed by atoms with van der Waals surface area (Å²) >= 11 is 0. The zero-order valence-corrected chi connectivity index (χ0v) is 7.98. The Kier molecular flexibility index (Phi) is 7.89. The molecule has 0 aromatic carbocycles. The molecule has 0 saturated carbocycles. The smallest absolute Gasteiger partial charge is 0.0259 e. The summed E-state index contributed by atoms with van der Waals surface area (Å²) in [6.07, 6.45) is 2.34. The van der Waals surface area contributed by atoms with Crippen LogP contribution in [-0.4, -0.2) is 24.8 Å². The van der Waals surface area contributed by atoms with Gasteiger partial charge in [0.15, 0.2) is 0 Å². The van der Waals surface area contributed by atoms with E-state index in [1.807, 2.05) is 5.12 Å². The standard InChI is InChI=1S/C8H21N3/c1-4-7-9-11(6-3)10-8-5-2/h9-10H,4-8H2,1-3H3. The third-order valence-electron chi connectivity index (χ3n) is 1.42. The summed E-state index contributed by atoms with van der Waals surface area (Å²) in [6.45, 7) is 9.56. The summed E-state index contributed by atoms with van der Waals surface area (Å²) in [5.41, 5.74) is 6.55. The molecule has 0 aliphatic heterocycles. The highest BCUT2D eigenvalue weighted by atomic mass is 15.7. The second kappa shape index (κ2) is 7.98. The van der Waals surface area contributed by atoms with Gasteiger partial charge in [-0.05, 0) is 19.8 Å². The van der Waals surface area contributed by atoms with E-state index in [4.69, 9.17) is 0 Å². The second-order valence-electron chi connectivity index (χ2n) is 2.56. The van der Waals surface area contributed by atoms with Crippen molar-refractivity contribution in [3.8, 4) is 0 Å². The van der Waals surface area contributed by atoms with Crippen molar-refractivity contribution in [1.82, 2.24) is 16.0 Å². The van der Waals surface area contributed by atoms with Gasteiger partial charge in [-0.1, -0.05) is 13.8 Å². The Balaban J connectivity index is 3.25. The fourth-order valence-corrected chi connectivity index (χ4v) is 0.773. The first kappa shape index (κ1) is 10.9. The topological polar surface area (TPSA) is 27.3 Å². The van der Waals surface area contributed by atoms with Crippen molar-refractivity contribution in [2.45, 2.75) is 33.6 Å². The Bertz CT molecular complexity index is 67.7. The SMILES string of the molecule is CCCNN(CC)NCCC. The largest absolute Gasteiger partial charge is 0.242 e. The fraction of sp³-hybridized carbons (Fsp3) is 1.00. The molecule has 0 aromatic heterocycles. The molecule has 3 heteroatoms. The molecule has 0 aliphatic rings. The maximum atomic E-state index is 3.28. The predicted octanol–water partition coefficient (Wildman–Crippen LogP) is 1.14. The molecule has 68 valence electrons. The highest BCUT2D eigenvalue weighted by Gasteiger charge is 1.95. The Morgan fingerprint density at radius 3 is 1.64 bits per heavy atom. The number of nitrogens with one attached hydrogen (secondary N) is 2. The molecule has 11 heavy (non-hydrogen) atoms. The van der Waals surface area contributed by atoms with Gasteiger partial charge in [-0.3, -0.25) is 0 Å². The van der Waals surface area contributed by atoms with E-state index < -0.39 is 0 Å². The van der Waals surface area contributed by atoms with Crippen LogP contribution in [0, 0.1) is 0 Å². The molecule has 0 saturated heterocycles. The molecule has 0 bridgehead atoms. The van der Waals surface area contributed by atoms with Gasteiger partial charge in [0.2, 0.25) is 0 Å². The van der Waals surface area contributed by atoms with Gasteiger partial charge in [0, 0.05) is 19.6 Å². The van der Waals surface area contributed by atoms with Gasteiger partial charge >= 0.3 is 0 Å². The van der Waals surface area contributed by atoms with E-state index in [0.29, 0.717) is 0 Å². The highest BCUT2D eigenvalue weighted by Crippen LogP contribution is 1.78. The number of hydrazine groups is 2. The highest BCUT2D eigenvalue weighted by molar-refractivity contribution is 4.42. The number of rotatable bonds is 7. The Hall–Kier alpha value is -0.120. The average molecular weight is 159 g/mol. The minimum absolute atomic E-state index is 1.00. The Labute approximate surface area is 70.1 Å². The molecule has 0 radical (unpaired) electrons. The van der Waals surface area contributed by atoms with E-state index in [0.717, 1.165) is 19.6 Å². The van der Waals surface area contributed by atoms with Crippen LogP contribution in [0.4, 0.5) is 0 Å². The van der Waals surface area contributed by atoms with Gasteiger partial charge in [-0.2, -0.15) is 5.12 Å². The first-order chi connectivity index (χ1) is 5.35. The van der Waals surface area contributed by atoms with Gasteiger partial charge in [0.1, 0.15) is 0 Å². The van der Waals surface area contributed by atoms with Crippen molar-refractivity contribution in [3.05, 3.63) is 0 Å². The molecule has 0 atom stereocenters. The van der Waals surface area contributed by atoms with E-state index in [9.17, 15) is 0 Å². The molecule has 0 unspecified atom stereocenters. The maximum absolute atomic E-state index is 3.28. The predicted molar refractivity (Wildman–Crippen MR) is 49.0 cm³/mol. The molecule has 2 N–H and O–H groups in total. The lowest BCUT2D eigenvalue weighted by Gasteiger charge is -2.21. The average Bonchev–Trinajstić information content (AvgIpc) is 2.05.